The molecule has 1 aliphatic rings. The monoisotopic (exact) mass is 198 g/mol. The third-order valence-corrected chi connectivity index (χ3v) is 1.99. The molecule has 1 rings (SSSR count). The van der Waals surface area contributed by atoms with Gasteiger partial charge in [0.1, 0.15) is 5.62 Å². The molecule has 0 unspecified atom stereocenters. The van der Waals surface area contributed by atoms with Crippen molar-refractivity contribution in [3.05, 3.63) is 0 Å². The van der Waals surface area contributed by atoms with Crippen LogP contribution < -0.4 is 10.6 Å². The van der Waals surface area contributed by atoms with Gasteiger partial charge in [0.05, 0.1) is 0 Å². The minimum atomic E-state index is -0.0381. The highest BCUT2D eigenvalue weighted by Crippen LogP contribution is 2.02. The molecule has 1 fully saturated rings. The third-order valence-electron chi connectivity index (χ3n) is 1.04. The van der Waals surface area contributed by atoms with Gasteiger partial charge in [0.2, 0.25) is 0 Å². The lowest BCUT2D eigenvalue weighted by Crippen LogP contribution is -2.50. The smallest absolute Gasteiger partial charge is 0.135 e. The Bertz CT molecular complexity index is 62.4. The van der Waals surface area contributed by atoms with Crippen LogP contribution in [0.25, 0.3) is 0 Å². The highest BCUT2D eigenvalue weighted by molar-refractivity contribution is 9.09. The van der Waals surface area contributed by atoms with Crippen LogP contribution in [0.3, 0.4) is 0 Å². The zero-order valence-corrected chi connectivity index (χ0v) is 6.67. The van der Waals surface area contributed by atoms with Crippen LogP contribution in [0.5, 0.6) is 0 Å². The van der Waals surface area contributed by atoms with Crippen molar-refractivity contribution in [1.29, 1.82) is 0 Å². The number of hydrogen-bond donors (Lipinski definition) is 2. The van der Waals surface area contributed by atoms with Crippen LogP contribution in [0.1, 0.15) is 0 Å². The molecule has 48 valence electrons. The number of alkyl halides is 2. The lowest BCUT2D eigenvalue weighted by molar-refractivity contribution is 0.470. The fraction of sp³-hybridized carbons (Fsp3) is 1.00. The molecule has 2 nitrogen and oxygen atoms in total. The molecule has 0 saturated carbocycles. The number of halogens is 2. The SMILES string of the molecule is ClC1NCC(Br)CN1. The second kappa shape index (κ2) is 3.01. The maximum atomic E-state index is 5.64. The van der Waals surface area contributed by atoms with Crippen molar-refractivity contribution < 1.29 is 0 Å². The van der Waals surface area contributed by atoms with Gasteiger partial charge in [-0.25, -0.2) is 0 Å². The molecule has 8 heavy (non-hydrogen) atoms. The van der Waals surface area contributed by atoms with Crippen molar-refractivity contribution in [2.75, 3.05) is 13.1 Å². The average molecular weight is 199 g/mol. The highest BCUT2D eigenvalue weighted by Gasteiger charge is 2.13. The van der Waals surface area contributed by atoms with Gasteiger partial charge in [-0.05, 0) is 0 Å². The molecular weight excluding hydrogens is 191 g/mol. The molecule has 0 aromatic rings. The fourth-order valence-electron chi connectivity index (χ4n) is 0.607. The molecule has 0 aromatic carbocycles. The minimum absolute atomic E-state index is 0.0381. The van der Waals surface area contributed by atoms with Crippen molar-refractivity contribution in [1.82, 2.24) is 10.6 Å². The summed E-state index contributed by atoms with van der Waals surface area (Å²) in [5, 5.41) is 6.08. The van der Waals surface area contributed by atoms with Crippen LogP contribution in [0.15, 0.2) is 0 Å². The summed E-state index contributed by atoms with van der Waals surface area (Å²) in [6, 6.07) is 0. The Morgan fingerprint density at radius 1 is 1.38 bits per heavy atom. The molecule has 0 aliphatic carbocycles. The first-order valence-electron chi connectivity index (χ1n) is 2.54. The second-order valence-corrected chi connectivity index (χ2v) is 3.51. The van der Waals surface area contributed by atoms with E-state index in [1.807, 2.05) is 0 Å². The van der Waals surface area contributed by atoms with Crippen LogP contribution >= 0.6 is 27.5 Å². The first kappa shape index (κ1) is 6.81. The molecule has 1 aliphatic heterocycles. The molecule has 0 radical (unpaired) electrons. The summed E-state index contributed by atoms with van der Waals surface area (Å²) in [5.74, 6) is 0. The van der Waals surface area contributed by atoms with Gasteiger partial charge in [-0.2, -0.15) is 0 Å². The topological polar surface area (TPSA) is 24.1 Å². The summed E-state index contributed by atoms with van der Waals surface area (Å²) in [4.78, 5) is 0.525. The largest absolute Gasteiger partial charge is 0.288 e. The van der Waals surface area contributed by atoms with E-state index in [4.69, 9.17) is 11.6 Å². The first-order chi connectivity index (χ1) is 3.79. The van der Waals surface area contributed by atoms with E-state index < -0.39 is 0 Å². The average Bonchev–Trinajstić information content (AvgIpc) is 1.77. The Morgan fingerprint density at radius 3 is 2.25 bits per heavy atom. The Hall–Kier alpha value is 0.690. The number of hydrogen-bond acceptors (Lipinski definition) is 2. The van der Waals surface area contributed by atoms with Gasteiger partial charge in [-0.1, -0.05) is 27.5 Å². The zero-order chi connectivity index (χ0) is 5.98. The number of rotatable bonds is 0. The predicted molar refractivity (Wildman–Crippen MR) is 38.4 cm³/mol. The summed E-state index contributed by atoms with van der Waals surface area (Å²) < 4.78 is 0. The Morgan fingerprint density at radius 2 is 1.88 bits per heavy atom. The minimum Gasteiger partial charge on any atom is -0.288 e. The quantitative estimate of drug-likeness (QED) is 0.438. The van der Waals surface area contributed by atoms with Gasteiger partial charge >= 0.3 is 0 Å². The summed E-state index contributed by atoms with van der Waals surface area (Å²) in [6.45, 7) is 1.89. The molecular formula is C4H8BrClN2. The molecule has 0 bridgehead atoms. The molecule has 4 heteroatoms. The first-order valence-corrected chi connectivity index (χ1v) is 3.89. The van der Waals surface area contributed by atoms with Crippen molar-refractivity contribution in [2.45, 2.75) is 10.5 Å². The normalized spacial score (nSPS) is 39.8. The Balaban J connectivity index is 2.19. The zero-order valence-electron chi connectivity index (χ0n) is 4.32. The standard InChI is InChI=1S/C4H8BrClN2/c5-3-1-7-4(6)8-2-3/h3-4,7-8H,1-2H2. The van der Waals surface area contributed by atoms with Crippen LogP contribution in [-0.2, 0) is 0 Å². The second-order valence-electron chi connectivity index (χ2n) is 1.78. The van der Waals surface area contributed by atoms with E-state index in [1.54, 1.807) is 0 Å². The van der Waals surface area contributed by atoms with Crippen molar-refractivity contribution in [3.8, 4) is 0 Å². The molecule has 1 heterocycles. The van der Waals surface area contributed by atoms with Crippen LogP contribution in [0.2, 0.25) is 0 Å². The Kier molecular flexibility index (Phi) is 2.56. The lowest BCUT2D eigenvalue weighted by atomic mass is 10.4. The lowest BCUT2D eigenvalue weighted by Gasteiger charge is -2.23. The van der Waals surface area contributed by atoms with Gasteiger partial charge in [-0.15, -0.1) is 0 Å². The molecule has 1 saturated heterocycles. The van der Waals surface area contributed by atoms with E-state index in [2.05, 4.69) is 26.6 Å². The summed E-state index contributed by atoms with van der Waals surface area (Å²) in [6.07, 6.45) is 0. The van der Waals surface area contributed by atoms with E-state index in [0.717, 1.165) is 13.1 Å². The fourth-order valence-corrected chi connectivity index (χ4v) is 1.16. The van der Waals surface area contributed by atoms with Gasteiger partial charge < -0.3 is 0 Å². The molecule has 0 atom stereocenters. The van der Waals surface area contributed by atoms with Gasteiger partial charge in [0, 0.05) is 17.9 Å². The highest BCUT2D eigenvalue weighted by atomic mass is 79.9. The molecule has 0 spiro atoms. The Labute approximate surface area is 62.1 Å². The molecule has 2 N–H and O–H groups in total. The van der Waals surface area contributed by atoms with Gasteiger partial charge in [-0.3, -0.25) is 10.6 Å². The van der Waals surface area contributed by atoms with E-state index in [0.29, 0.717) is 4.83 Å². The molecule has 0 amide bonds. The van der Waals surface area contributed by atoms with Crippen molar-refractivity contribution >= 4 is 27.5 Å². The van der Waals surface area contributed by atoms with E-state index in [-0.39, 0.29) is 5.62 Å². The van der Waals surface area contributed by atoms with E-state index in [9.17, 15) is 0 Å². The van der Waals surface area contributed by atoms with Gasteiger partial charge in [0.25, 0.3) is 0 Å². The van der Waals surface area contributed by atoms with E-state index >= 15 is 0 Å². The number of nitrogens with one attached hydrogen (secondary N) is 2. The third kappa shape index (κ3) is 1.90. The maximum Gasteiger partial charge on any atom is 0.135 e. The van der Waals surface area contributed by atoms with Crippen molar-refractivity contribution in [3.63, 3.8) is 0 Å². The maximum absolute atomic E-state index is 5.64. The summed E-state index contributed by atoms with van der Waals surface area (Å²) in [7, 11) is 0. The van der Waals surface area contributed by atoms with Gasteiger partial charge in [0.15, 0.2) is 0 Å². The van der Waals surface area contributed by atoms with Crippen LogP contribution in [0, 0.1) is 0 Å². The van der Waals surface area contributed by atoms with Crippen LogP contribution in [0.4, 0.5) is 0 Å². The summed E-state index contributed by atoms with van der Waals surface area (Å²) >= 11 is 9.07. The van der Waals surface area contributed by atoms with Crippen molar-refractivity contribution in [2.24, 2.45) is 0 Å². The van der Waals surface area contributed by atoms with E-state index in [1.165, 1.54) is 0 Å². The summed E-state index contributed by atoms with van der Waals surface area (Å²) in [5.41, 5.74) is -0.0381. The van der Waals surface area contributed by atoms with Crippen LogP contribution in [-0.4, -0.2) is 23.5 Å². The molecule has 0 aromatic heterocycles. The predicted octanol–water partition coefficient (Wildman–Crippen LogP) is 0.465.